The highest BCUT2D eigenvalue weighted by Gasteiger charge is 2.37. The Balaban J connectivity index is 1.75. The van der Waals surface area contributed by atoms with Gasteiger partial charge in [0, 0.05) is 25.8 Å². The van der Waals surface area contributed by atoms with E-state index in [9.17, 15) is 14.4 Å². The van der Waals surface area contributed by atoms with Crippen LogP contribution in [-0.2, 0) is 23.8 Å². The van der Waals surface area contributed by atoms with Crippen molar-refractivity contribution >= 4 is 17.8 Å². The molecule has 4 atom stereocenters. The third kappa shape index (κ3) is 9.08. The number of methoxy groups -OCH3 is 1. The van der Waals surface area contributed by atoms with Gasteiger partial charge in [0.05, 0.1) is 13.2 Å². The van der Waals surface area contributed by atoms with Crippen LogP contribution in [0.1, 0.15) is 89.5 Å². The van der Waals surface area contributed by atoms with Crippen LogP contribution in [0.5, 0.6) is 11.5 Å². The fourth-order valence-corrected chi connectivity index (χ4v) is 5.50. The molecule has 2 fully saturated rings. The Labute approximate surface area is 231 Å². The summed E-state index contributed by atoms with van der Waals surface area (Å²) < 4.78 is 27.9. The van der Waals surface area contributed by atoms with Gasteiger partial charge in [-0.15, -0.1) is 0 Å². The van der Waals surface area contributed by atoms with Crippen LogP contribution in [0.3, 0.4) is 0 Å². The molecule has 2 aliphatic rings. The Morgan fingerprint density at radius 2 is 1.90 bits per heavy atom. The van der Waals surface area contributed by atoms with Gasteiger partial charge in [-0.3, -0.25) is 9.59 Å². The summed E-state index contributed by atoms with van der Waals surface area (Å²) in [6.07, 6.45) is 8.95. The molecular weight excluding hydrogens is 504 g/mol. The normalized spacial score (nSPS) is 24.3. The molecule has 3 rings (SSSR count). The van der Waals surface area contributed by atoms with E-state index >= 15 is 0 Å². The highest BCUT2D eigenvalue weighted by atomic mass is 16.7. The average Bonchev–Trinajstić information content (AvgIpc) is 3.41. The van der Waals surface area contributed by atoms with Crippen LogP contribution >= 0.6 is 0 Å². The number of cyclic esters (lactones) is 1. The molecule has 39 heavy (non-hydrogen) atoms. The Kier molecular flexibility index (Phi) is 11.8. The van der Waals surface area contributed by atoms with Gasteiger partial charge in [0.15, 0.2) is 17.2 Å². The minimum Gasteiger partial charge on any atom is -0.493 e. The van der Waals surface area contributed by atoms with Crippen LogP contribution < -0.4 is 14.8 Å². The zero-order chi connectivity index (χ0) is 28.4. The smallest absolute Gasteiger partial charge is 0.329 e. The number of ether oxygens (including phenoxy) is 5. The van der Waals surface area contributed by atoms with Gasteiger partial charge in [-0.1, -0.05) is 46.0 Å². The number of pyridine rings is 1. The third-order valence-corrected chi connectivity index (χ3v) is 7.39. The summed E-state index contributed by atoms with van der Waals surface area (Å²) in [6, 6.07) is 0.669. The molecule has 0 bridgehead atoms. The van der Waals surface area contributed by atoms with E-state index in [2.05, 4.69) is 24.1 Å². The fraction of sp³-hybridized carbons (Fsp3) is 0.724. The van der Waals surface area contributed by atoms with Crippen molar-refractivity contribution in [3.8, 4) is 11.5 Å². The van der Waals surface area contributed by atoms with Crippen molar-refractivity contribution in [1.29, 1.82) is 0 Å². The number of carbonyl (C=O) groups is 3. The van der Waals surface area contributed by atoms with Crippen molar-refractivity contribution in [3.63, 3.8) is 0 Å². The van der Waals surface area contributed by atoms with Crippen LogP contribution in [0.15, 0.2) is 12.3 Å². The maximum Gasteiger partial charge on any atom is 0.329 e. The summed E-state index contributed by atoms with van der Waals surface area (Å²) in [7, 11) is 1.42. The van der Waals surface area contributed by atoms with Crippen LogP contribution in [0.4, 0.5) is 0 Å². The monoisotopic (exact) mass is 548 g/mol. The quantitative estimate of drug-likeness (QED) is 0.316. The van der Waals surface area contributed by atoms with Crippen molar-refractivity contribution in [2.75, 3.05) is 20.5 Å². The lowest BCUT2D eigenvalue weighted by Crippen LogP contribution is -2.45. The summed E-state index contributed by atoms with van der Waals surface area (Å²) in [5, 5.41) is 2.78. The number of rotatable bonds is 11. The van der Waals surface area contributed by atoms with E-state index in [1.54, 1.807) is 0 Å². The molecule has 1 saturated heterocycles. The highest BCUT2D eigenvalue weighted by molar-refractivity contribution is 5.98. The van der Waals surface area contributed by atoms with Gasteiger partial charge < -0.3 is 29.0 Å². The molecule has 1 saturated carbocycles. The third-order valence-electron chi connectivity index (χ3n) is 7.39. The van der Waals surface area contributed by atoms with E-state index in [4.69, 9.17) is 23.7 Å². The molecule has 4 unspecified atom stereocenters. The first-order valence-corrected chi connectivity index (χ1v) is 14.1. The number of hydrogen-bond donors (Lipinski definition) is 1. The molecule has 10 heteroatoms. The topological polar surface area (TPSA) is 122 Å². The standard InChI is InChI=1S/C29H44N2O8/c1-18(2)16-36-26-19(3)39-29(34)23(12-8-11-22(26)15-21-9-6-7-10-21)31-28(33)25-27(38-17-37-20(4)32)24(35-5)13-14-30-25/h13-14,18-19,21-23,26H,6-12,15-17H2,1-5H3,(H,31,33). The first-order valence-electron chi connectivity index (χ1n) is 14.1. The minimum absolute atomic E-state index is 0.0160. The van der Waals surface area contributed by atoms with Crippen molar-refractivity contribution in [3.05, 3.63) is 18.0 Å². The maximum atomic E-state index is 13.3. The van der Waals surface area contributed by atoms with E-state index in [0.29, 0.717) is 24.9 Å². The first-order chi connectivity index (χ1) is 18.7. The largest absolute Gasteiger partial charge is 0.493 e. The minimum atomic E-state index is -0.856. The summed E-state index contributed by atoms with van der Waals surface area (Å²) >= 11 is 0. The van der Waals surface area contributed by atoms with E-state index in [-0.39, 0.29) is 29.2 Å². The fourth-order valence-electron chi connectivity index (χ4n) is 5.50. The number of carbonyl (C=O) groups excluding carboxylic acids is 3. The zero-order valence-corrected chi connectivity index (χ0v) is 23.9. The summed E-state index contributed by atoms with van der Waals surface area (Å²) in [4.78, 5) is 41.9. The predicted molar refractivity (Wildman–Crippen MR) is 143 cm³/mol. The molecule has 1 aliphatic carbocycles. The second kappa shape index (κ2) is 15.1. The van der Waals surface area contributed by atoms with Gasteiger partial charge in [-0.05, 0) is 43.9 Å². The Morgan fingerprint density at radius 1 is 1.15 bits per heavy atom. The number of amides is 1. The van der Waals surface area contributed by atoms with Crippen molar-refractivity contribution in [1.82, 2.24) is 10.3 Å². The van der Waals surface area contributed by atoms with Gasteiger partial charge >= 0.3 is 11.9 Å². The molecule has 0 radical (unpaired) electrons. The van der Waals surface area contributed by atoms with Crippen molar-refractivity contribution in [2.45, 2.75) is 97.3 Å². The number of nitrogens with one attached hydrogen (secondary N) is 1. The lowest BCUT2D eigenvalue weighted by atomic mass is 9.83. The molecule has 218 valence electrons. The Morgan fingerprint density at radius 3 is 2.56 bits per heavy atom. The molecule has 1 N–H and O–H groups in total. The molecule has 1 aromatic heterocycles. The molecule has 0 aromatic carbocycles. The van der Waals surface area contributed by atoms with Gasteiger partial charge in [0.1, 0.15) is 12.1 Å². The molecule has 1 aromatic rings. The number of aromatic nitrogens is 1. The number of hydrogen-bond acceptors (Lipinski definition) is 9. The van der Waals surface area contributed by atoms with Crippen LogP contribution in [-0.4, -0.2) is 61.6 Å². The number of nitrogens with zero attached hydrogens (tertiary/aromatic N) is 1. The van der Waals surface area contributed by atoms with Crippen LogP contribution in [0.25, 0.3) is 0 Å². The zero-order valence-electron chi connectivity index (χ0n) is 23.9. The predicted octanol–water partition coefficient (Wildman–Crippen LogP) is 4.44. The summed E-state index contributed by atoms with van der Waals surface area (Å²) in [5.41, 5.74) is -0.0838. The van der Waals surface area contributed by atoms with Crippen LogP contribution in [0.2, 0.25) is 0 Å². The average molecular weight is 549 g/mol. The SMILES string of the molecule is COc1ccnc(C(=O)NC2CCCC(CC3CCCC3)C(OCC(C)C)C(C)OC2=O)c1OCOC(C)=O. The molecule has 2 heterocycles. The van der Waals surface area contributed by atoms with E-state index in [0.717, 1.165) is 19.3 Å². The highest BCUT2D eigenvalue weighted by Crippen LogP contribution is 2.36. The second-order valence-corrected chi connectivity index (χ2v) is 11.0. The first kappa shape index (κ1) is 30.7. The molecule has 10 nitrogen and oxygen atoms in total. The molecular formula is C29H44N2O8. The van der Waals surface area contributed by atoms with Gasteiger partial charge in [0.2, 0.25) is 6.79 Å². The lowest BCUT2D eigenvalue weighted by Gasteiger charge is -2.33. The van der Waals surface area contributed by atoms with Crippen LogP contribution in [0, 0.1) is 17.8 Å². The number of esters is 2. The van der Waals surface area contributed by atoms with Gasteiger partial charge in [0.25, 0.3) is 5.91 Å². The summed E-state index contributed by atoms with van der Waals surface area (Å²) in [6.45, 7) is 7.55. The maximum absolute atomic E-state index is 13.3. The second-order valence-electron chi connectivity index (χ2n) is 11.0. The van der Waals surface area contributed by atoms with Gasteiger partial charge in [-0.25, -0.2) is 9.78 Å². The van der Waals surface area contributed by atoms with E-state index < -0.39 is 36.8 Å². The summed E-state index contributed by atoms with van der Waals surface area (Å²) in [5.74, 6) is -0.0542. The lowest BCUT2D eigenvalue weighted by molar-refractivity contribution is -0.162. The van der Waals surface area contributed by atoms with E-state index in [1.807, 2.05) is 6.92 Å². The molecule has 1 aliphatic heterocycles. The molecule has 0 spiro atoms. The van der Waals surface area contributed by atoms with E-state index in [1.165, 1.54) is 52.0 Å². The van der Waals surface area contributed by atoms with Crippen molar-refractivity contribution < 1.29 is 38.1 Å². The van der Waals surface area contributed by atoms with Crippen molar-refractivity contribution in [2.24, 2.45) is 17.8 Å². The molecule has 1 amide bonds. The van der Waals surface area contributed by atoms with Gasteiger partial charge in [-0.2, -0.15) is 0 Å². The Bertz CT molecular complexity index is 963. The Hall–Kier alpha value is -2.88.